The van der Waals surface area contributed by atoms with E-state index in [1.54, 1.807) is 48.5 Å². The average Bonchev–Trinajstić information content (AvgIpc) is 2.73. The van der Waals surface area contributed by atoms with Crippen molar-refractivity contribution in [3.8, 4) is 0 Å². The second-order valence-corrected chi connectivity index (χ2v) is 6.71. The maximum atomic E-state index is 12.3. The van der Waals surface area contributed by atoms with Crippen LogP contribution in [0.15, 0.2) is 72.8 Å². The molecule has 3 rings (SSSR count). The quantitative estimate of drug-likeness (QED) is 0.496. The van der Waals surface area contributed by atoms with Crippen molar-refractivity contribution in [1.82, 2.24) is 0 Å². The van der Waals surface area contributed by atoms with Crippen molar-refractivity contribution in [1.29, 1.82) is 0 Å². The largest absolute Gasteiger partial charge is 0.454 e. The number of ketones is 1. The Morgan fingerprint density at radius 2 is 1.41 bits per heavy atom. The summed E-state index contributed by atoms with van der Waals surface area (Å²) in [4.78, 5) is 36.6. The summed E-state index contributed by atoms with van der Waals surface area (Å²) in [5, 5.41) is 2.80. The van der Waals surface area contributed by atoms with Gasteiger partial charge in [0.05, 0.1) is 5.56 Å². The number of benzene rings is 3. The van der Waals surface area contributed by atoms with Crippen molar-refractivity contribution < 1.29 is 19.1 Å². The van der Waals surface area contributed by atoms with Crippen molar-refractivity contribution >= 4 is 23.3 Å². The second-order valence-electron chi connectivity index (χ2n) is 6.71. The number of hydrogen-bond donors (Lipinski definition) is 1. The van der Waals surface area contributed by atoms with E-state index in [9.17, 15) is 14.4 Å². The normalized spacial score (nSPS) is 10.3. The zero-order chi connectivity index (χ0) is 20.8. The third kappa shape index (κ3) is 5.17. The fraction of sp³-hybridized carbons (Fsp3) is 0.125. The smallest absolute Gasteiger partial charge is 0.338 e. The molecule has 0 heterocycles. The van der Waals surface area contributed by atoms with Gasteiger partial charge in [-0.15, -0.1) is 0 Å². The Balaban J connectivity index is 1.57. The third-order valence-corrected chi connectivity index (χ3v) is 4.48. The van der Waals surface area contributed by atoms with E-state index in [0.29, 0.717) is 22.4 Å². The highest BCUT2D eigenvalue weighted by Gasteiger charge is 2.13. The minimum absolute atomic E-state index is 0.220. The standard InChI is InChI=1S/C24H21NO4/c1-16-7-9-18(10-8-16)22(26)15-29-24(28)19-11-13-20(14-12-19)25-23(27)21-6-4-3-5-17(21)2/h3-14H,15H2,1-2H3,(H,25,27). The Kier molecular flexibility index (Phi) is 6.19. The first-order valence-corrected chi connectivity index (χ1v) is 9.18. The van der Waals surface area contributed by atoms with Crippen LogP contribution < -0.4 is 5.32 Å². The highest BCUT2D eigenvalue weighted by Crippen LogP contribution is 2.14. The van der Waals surface area contributed by atoms with E-state index in [2.05, 4.69) is 5.32 Å². The molecule has 0 bridgehead atoms. The number of carbonyl (C=O) groups excluding carboxylic acids is 3. The molecule has 0 aliphatic carbocycles. The number of hydrogen-bond acceptors (Lipinski definition) is 4. The number of esters is 1. The van der Waals surface area contributed by atoms with Crippen molar-refractivity contribution in [3.63, 3.8) is 0 Å². The molecule has 0 unspecified atom stereocenters. The average molecular weight is 387 g/mol. The molecule has 5 nitrogen and oxygen atoms in total. The van der Waals surface area contributed by atoms with Gasteiger partial charge in [0.1, 0.15) is 0 Å². The lowest BCUT2D eigenvalue weighted by Gasteiger charge is -2.08. The van der Waals surface area contributed by atoms with Gasteiger partial charge < -0.3 is 10.1 Å². The molecular weight excluding hydrogens is 366 g/mol. The van der Waals surface area contributed by atoms with Crippen LogP contribution in [0.2, 0.25) is 0 Å². The van der Waals surface area contributed by atoms with Crippen LogP contribution in [0.4, 0.5) is 5.69 Å². The van der Waals surface area contributed by atoms with Gasteiger partial charge in [-0.3, -0.25) is 9.59 Å². The molecule has 0 saturated heterocycles. The summed E-state index contributed by atoms with van der Waals surface area (Å²) < 4.78 is 5.10. The molecule has 0 atom stereocenters. The van der Waals surface area contributed by atoms with Crippen molar-refractivity contribution in [3.05, 3.63) is 101 Å². The first kappa shape index (κ1) is 20.0. The van der Waals surface area contributed by atoms with Gasteiger partial charge in [0.25, 0.3) is 5.91 Å². The molecule has 0 aliphatic heterocycles. The molecule has 146 valence electrons. The van der Waals surface area contributed by atoms with Gasteiger partial charge in [0.15, 0.2) is 12.4 Å². The van der Waals surface area contributed by atoms with Crippen LogP contribution in [0.5, 0.6) is 0 Å². The SMILES string of the molecule is Cc1ccc(C(=O)COC(=O)c2ccc(NC(=O)c3ccccc3C)cc2)cc1. The zero-order valence-corrected chi connectivity index (χ0v) is 16.3. The maximum absolute atomic E-state index is 12.3. The molecule has 3 aromatic carbocycles. The second kappa shape index (κ2) is 8.97. The predicted octanol–water partition coefficient (Wildman–Crippen LogP) is 4.60. The summed E-state index contributed by atoms with van der Waals surface area (Å²) in [6, 6.07) is 20.7. The zero-order valence-electron chi connectivity index (χ0n) is 16.3. The Labute approximate surface area is 169 Å². The molecule has 0 spiro atoms. The van der Waals surface area contributed by atoms with Crippen LogP contribution in [-0.2, 0) is 4.74 Å². The Bertz CT molecular complexity index is 1040. The fourth-order valence-electron chi connectivity index (χ4n) is 2.75. The molecule has 5 heteroatoms. The number of ether oxygens (including phenoxy) is 1. The minimum atomic E-state index is -0.595. The summed E-state index contributed by atoms with van der Waals surface area (Å²) in [6.07, 6.45) is 0. The number of aryl methyl sites for hydroxylation is 2. The third-order valence-electron chi connectivity index (χ3n) is 4.48. The first-order chi connectivity index (χ1) is 13.9. The van der Waals surface area contributed by atoms with Crippen LogP contribution in [-0.4, -0.2) is 24.3 Å². The van der Waals surface area contributed by atoms with Gasteiger partial charge in [-0.2, -0.15) is 0 Å². The van der Waals surface area contributed by atoms with E-state index in [4.69, 9.17) is 4.74 Å². The van der Waals surface area contributed by atoms with Gasteiger partial charge in [-0.05, 0) is 49.7 Å². The monoisotopic (exact) mass is 387 g/mol. The maximum Gasteiger partial charge on any atom is 0.338 e. The van der Waals surface area contributed by atoms with E-state index in [1.807, 2.05) is 38.1 Å². The van der Waals surface area contributed by atoms with E-state index in [0.717, 1.165) is 11.1 Å². The van der Waals surface area contributed by atoms with Crippen molar-refractivity contribution in [2.75, 3.05) is 11.9 Å². The van der Waals surface area contributed by atoms with Crippen LogP contribution in [0, 0.1) is 13.8 Å². The Morgan fingerprint density at radius 1 is 0.793 bits per heavy atom. The number of amides is 1. The molecule has 1 N–H and O–H groups in total. The van der Waals surface area contributed by atoms with E-state index < -0.39 is 5.97 Å². The van der Waals surface area contributed by atoms with Gasteiger partial charge in [-0.1, -0.05) is 48.0 Å². The summed E-state index contributed by atoms with van der Waals surface area (Å²) in [5.74, 6) is -1.08. The first-order valence-electron chi connectivity index (χ1n) is 9.18. The van der Waals surface area contributed by atoms with E-state index in [-0.39, 0.29) is 18.3 Å². The molecule has 3 aromatic rings. The van der Waals surface area contributed by atoms with Crippen molar-refractivity contribution in [2.24, 2.45) is 0 Å². The molecule has 29 heavy (non-hydrogen) atoms. The van der Waals surface area contributed by atoms with Gasteiger partial charge in [0, 0.05) is 16.8 Å². The van der Waals surface area contributed by atoms with Crippen LogP contribution >= 0.6 is 0 Å². The van der Waals surface area contributed by atoms with Crippen LogP contribution in [0.3, 0.4) is 0 Å². The lowest BCUT2D eigenvalue weighted by Crippen LogP contribution is -2.15. The summed E-state index contributed by atoms with van der Waals surface area (Å²) in [7, 11) is 0. The van der Waals surface area contributed by atoms with Gasteiger partial charge in [-0.25, -0.2) is 4.79 Å². The Hall–Kier alpha value is -3.73. The molecule has 0 saturated carbocycles. The number of nitrogens with one attached hydrogen (secondary N) is 1. The highest BCUT2D eigenvalue weighted by atomic mass is 16.5. The lowest BCUT2D eigenvalue weighted by molar-refractivity contribution is 0.0475. The van der Waals surface area contributed by atoms with Crippen molar-refractivity contribution in [2.45, 2.75) is 13.8 Å². The fourth-order valence-corrected chi connectivity index (χ4v) is 2.75. The van der Waals surface area contributed by atoms with E-state index >= 15 is 0 Å². The van der Waals surface area contributed by atoms with E-state index in [1.165, 1.54) is 0 Å². The summed E-state index contributed by atoms with van der Waals surface area (Å²) in [6.45, 7) is 3.47. The number of anilines is 1. The van der Waals surface area contributed by atoms with Crippen LogP contribution in [0.25, 0.3) is 0 Å². The van der Waals surface area contributed by atoms with Gasteiger partial charge >= 0.3 is 5.97 Å². The number of rotatable bonds is 6. The summed E-state index contributed by atoms with van der Waals surface area (Å²) in [5.41, 5.74) is 3.88. The molecular formula is C24H21NO4. The molecule has 0 aliphatic rings. The molecule has 0 radical (unpaired) electrons. The predicted molar refractivity (Wildman–Crippen MR) is 111 cm³/mol. The minimum Gasteiger partial charge on any atom is -0.454 e. The highest BCUT2D eigenvalue weighted by molar-refractivity contribution is 6.05. The number of carbonyl (C=O) groups is 3. The molecule has 1 amide bonds. The summed E-state index contributed by atoms with van der Waals surface area (Å²) >= 11 is 0. The van der Waals surface area contributed by atoms with Gasteiger partial charge in [0.2, 0.25) is 0 Å². The lowest BCUT2D eigenvalue weighted by atomic mass is 10.1. The molecule has 0 aromatic heterocycles. The van der Waals surface area contributed by atoms with Crippen LogP contribution in [0.1, 0.15) is 42.2 Å². The topological polar surface area (TPSA) is 72.5 Å². The number of Topliss-reactive ketones (excluding diaryl/α,β-unsaturated/α-hetero) is 1. The molecule has 0 fully saturated rings. The Morgan fingerprint density at radius 3 is 2.07 bits per heavy atom.